The maximum Gasteiger partial charge on any atom is 0.390 e. The lowest BCUT2D eigenvalue weighted by atomic mass is 10.2. The first-order valence-corrected chi connectivity index (χ1v) is 5.71. The number of aromatic nitrogens is 2. The Bertz CT molecular complexity index is 634. The van der Waals surface area contributed by atoms with Crippen LogP contribution in [0.4, 0.5) is 0 Å². The van der Waals surface area contributed by atoms with E-state index in [0.29, 0.717) is 0 Å². The highest BCUT2D eigenvalue weighted by atomic mass is 32.1. The number of rotatable bonds is 1. The van der Waals surface area contributed by atoms with Crippen LogP contribution in [-0.2, 0) is 0 Å². The third kappa shape index (κ3) is 1.35. The third-order valence-electron chi connectivity index (χ3n) is 2.37. The van der Waals surface area contributed by atoms with Gasteiger partial charge in [0.1, 0.15) is 17.3 Å². The summed E-state index contributed by atoms with van der Waals surface area (Å²) in [6.07, 6.45) is 3.53. The van der Waals surface area contributed by atoms with Gasteiger partial charge in [-0.05, 0) is 21.9 Å². The van der Waals surface area contributed by atoms with Crippen molar-refractivity contribution in [3.05, 3.63) is 48.8 Å². The highest BCUT2D eigenvalue weighted by molar-refractivity contribution is 7.20. The maximum atomic E-state index is 10.1. The van der Waals surface area contributed by atoms with Crippen LogP contribution in [0.25, 0.3) is 15.4 Å². The monoisotopic (exact) mass is 229 g/mol. The van der Waals surface area contributed by atoms with Gasteiger partial charge in [-0.15, -0.1) is 0 Å². The highest BCUT2D eigenvalue weighted by Gasteiger charge is 2.19. The van der Waals surface area contributed by atoms with E-state index in [4.69, 9.17) is 0 Å². The first-order chi connectivity index (χ1) is 7.86. The predicted molar refractivity (Wildman–Crippen MR) is 62.4 cm³/mol. The second-order valence-corrected chi connectivity index (χ2v) is 4.37. The molecule has 3 aromatic rings. The summed E-state index contributed by atoms with van der Waals surface area (Å²) >= 11 is 1.48. The van der Waals surface area contributed by atoms with Gasteiger partial charge < -0.3 is 5.11 Å². The first kappa shape index (κ1) is 9.30. The molecule has 1 aromatic carbocycles. The van der Waals surface area contributed by atoms with E-state index < -0.39 is 0 Å². The number of aromatic hydroxyl groups is 1. The van der Waals surface area contributed by atoms with Gasteiger partial charge in [-0.2, -0.15) is 4.40 Å². The lowest BCUT2D eigenvalue weighted by molar-refractivity contribution is -0.520. The molecule has 4 heteroatoms. The second-order valence-electron chi connectivity index (χ2n) is 3.39. The van der Waals surface area contributed by atoms with Crippen molar-refractivity contribution < 1.29 is 9.51 Å². The molecule has 2 aromatic heterocycles. The second kappa shape index (κ2) is 3.57. The zero-order chi connectivity index (χ0) is 11.0. The molecule has 0 amide bonds. The van der Waals surface area contributed by atoms with Crippen LogP contribution in [0.15, 0.2) is 48.8 Å². The molecule has 16 heavy (non-hydrogen) atoms. The van der Waals surface area contributed by atoms with Crippen LogP contribution in [0, 0.1) is 0 Å². The van der Waals surface area contributed by atoms with Gasteiger partial charge in [0.05, 0.1) is 0 Å². The number of benzene rings is 1. The third-order valence-corrected chi connectivity index (χ3v) is 3.48. The number of thiazole rings is 1. The summed E-state index contributed by atoms with van der Waals surface area (Å²) in [7, 11) is 0. The van der Waals surface area contributed by atoms with Gasteiger partial charge in [-0.3, -0.25) is 0 Å². The van der Waals surface area contributed by atoms with E-state index in [-0.39, 0.29) is 5.88 Å². The van der Waals surface area contributed by atoms with E-state index in [1.54, 1.807) is 22.9 Å². The molecule has 0 bridgehead atoms. The van der Waals surface area contributed by atoms with E-state index in [2.05, 4.69) is 4.98 Å². The van der Waals surface area contributed by atoms with Gasteiger partial charge in [-0.25, -0.2) is 0 Å². The van der Waals surface area contributed by atoms with Gasteiger partial charge in [0.15, 0.2) is 0 Å². The smallest absolute Gasteiger partial charge is 0.390 e. The van der Waals surface area contributed by atoms with Gasteiger partial charge in [-0.1, -0.05) is 30.3 Å². The largest absolute Gasteiger partial charge is 0.476 e. The summed E-state index contributed by atoms with van der Waals surface area (Å²) in [6, 6.07) is 11.6. The number of fused-ring (bicyclic) bond motifs is 1. The van der Waals surface area contributed by atoms with Crippen LogP contribution in [0.3, 0.4) is 0 Å². The van der Waals surface area contributed by atoms with Gasteiger partial charge in [0.25, 0.3) is 0 Å². The summed E-state index contributed by atoms with van der Waals surface area (Å²) in [4.78, 5) is 5.85. The fraction of sp³-hybridized carbons (Fsp3) is 0. The zero-order valence-electron chi connectivity index (χ0n) is 8.37. The SMILES string of the molecule is Oc1c(-c2ccccc2)sc2nccc[n+]12. The van der Waals surface area contributed by atoms with Crippen molar-refractivity contribution in [1.29, 1.82) is 0 Å². The van der Waals surface area contributed by atoms with Gasteiger partial charge in [0, 0.05) is 6.07 Å². The van der Waals surface area contributed by atoms with Crippen LogP contribution < -0.4 is 4.40 Å². The molecule has 0 aliphatic rings. The standard InChI is InChI=1S/C12H8N2OS/c15-11-10(9-5-2-1-3-6-9)16-12-13-7-4-8-14(11)12/h1-8H/p+1. The maximum absolute atomic E-state index is 10.1. The summed E-state index contributed by atoms with van der Waals surface area (Å²) < 4.78 is 1.69. The summed E-state index contributed by atoms with van der Waals surface area (Å²) in [5.74, 6) is 0.249. The topological polar surface area (TPSA) is 37.2 Å². The Morgan fingerprint density at radius 3 is 2.69 bits per heavy atom. The molecule has 0 saturated heterocycles. The molecule has 1 N–H and O–H groups in total. The molecule has 0 unspecified atom stereocenters. The van der Waals surface area contributed by atoms with E-state index in [0.717, 1.165) is 15.4 Å². The van der Waals surface area contributed by atoms with Crippen molar-refractivity contribution in [2.75, 3.05) is 0 Å². The van der Waals surface area contributed by atoms with Crippen molar-refractivity contribution in [2.24, 2.45) is 0 Å². The average Bonchev–Trinajstić information content (AvgIpc) is 2.69. The molecule has 78 valence electrons. The Hall–Kier alpha value is -1.94. The Morgan fingerprint density at radius 1 is 1.12 bits per heavy atom. The molecule has 0 fully saturated rings. The zero-order valence-corrected chi connectivity index (χ0v) is 9.19. The van der Waals surface area contributed by atoms with E-state index >= 15 is 0 Å². The normalized spacial score (nSPS) is 10.8. The van der Waals surface area contributed by atoms with Crippen molar-refractivity contribution in [1.82, 2.24) is 4.98 Å². The molecule has 3 rings (SSSR count). The van der Waals surface area contributed by atoms with Crippen molar-refractivity contribution in [3.63, 3.8) is 0 Å². The Morgan fingerprint density at radius 2 is 1.94 bits per heavy atom. The van der Waals surface area contributed by atoms with Crippen molar-refractivity contribution >= 4 is 16.3 Å². The minimum absolute atomic E-state index is 0.249. The number of hydrogen-bond donors (Lipinski definition) is 1. The molecule has 0 atom stereocenters. The molecule has 0 aliphatic heterocycles. The number of hydrogen-bond acceptors (Lipinski definition) is 3. The molecule has 0 spiro atoms. The fourth-order valence-corrected chi connectivity index (χ4v) is 2.60. The quantitative estimate of drug-likeness (QED) is 0.650. The molecule has 2 heterocycles. The van der Waals surface area contributed by atoms with Crippen LogP contribution in [0.1, 0.15) is 0 Å². The molecule has 0 saturated carbocycles. The highest BCUT2D eigenvalue weighted by Crippen LogP contribution is 2.32. The molecule has 0 radical (unpaired) electrons. The lowest BCUT2D eigenvalue weighted by Gasteiger charge is -1.94. The first-order valence-electron chi connectivity index (χ1n) is 4.90. The van der Waals surface area contributed by atoms with Crippen LogP contribution in [0.5, 0.6) is 5.88 Å². The van der Waals surface area contributed by atoms with E-state index in [9.17, 15) is 5.11 Å². The fourth-order valence-electron chi connectivity index (χ4n) is 1.62. The lowest BCUT2D eigenvalue weighted by Crippen LogP contribution is -2.18. The summed E-state index contributed by atoms with van der Waals surface area (Å²) in [5.41, 5.74) is 1.01. The van der Waals surface area contributed by atoms with Crippen LogP contribution in [-0.4, -0.2) is 10.1 Å². The Labute approximate surface area is 96.3 Å². The Kier molecular flexibility index (Phi) is 2.08. The van der Waals surface area contributed by atoms with E-state index in [1.165, 1.54) is 11.3 Å². The van der Waals surface area contributed by atoms with Gasteiger partial charge in [0.2, 0.25) is 0 Å². The molecular formula is C12H9N2OS+. The average molecular weight is 229 g/mol. The molecule has 0 aliphatic carbocycles. The number of nitrogens with zero attached hydrogens (tertiary/aromatic N) is 2. The predicted octanol–water partition coefficient (Wildman–Crippen LogP) is 2.25. The minimum atomic E-state index is 0.249. The van der Waals surface area contributed by atoms with Crippen LogP contribution >= 0.6 is 11.3 Å². The molecular weight excluding hydrogens is 220 g/mol. The van der Waals surface area contributed by atoms with E-state index in [1.807, 2.05) is 30.3 Å². The molecule has 3 nitrogen and oxygen atoms in total. The minimum Gasteiger partial charge on any atom is -0.476 e. The van der Waals surface area contributed by atoms with Crippen molar-refractivity contribution in [2.45, 2.75) is 0 Å². The Balaban J connectivity index is 2.29. The summed E-state index contributed by atoms with van der Waals surface area (Å²) in [5, 5.41) is 10.1. The summed E-state index contributed by atoms with van der Waals surface area (Å²) in [6.45, 7) is 0. The van der Waals surface area contributed by atoms with Crippen molar-refractivity contribution in [3.8, 4) is 16.3 Å². The van der Waals surface area contributed by atoms with Gasteiger partial charge >= 0.3 is 10.8 Å². The van der Waals surface area contributed by atoms with Crippen LogP contribution in [0.2, 0.25) is 0 Å².